The molecule has 1 atom stereocenters. The van der Waals surface area contributed by atoms with E-state index in [2.05, 4.69) is 10.1 Å². The number of hydrogen-bond donors (Lipinski definition) is 0. The SMILES string of the molecule is C/C(=N/N1C(=O)CN(Cc2ccccc2)[C@H]1c1ccccn1)c1ccc([N+](=O)[O-])cc1. The lowest BCUT2D eigenvalue weighted by Gasteiger charge is -2.27. The molecule has 1 saturated heterocycles. The molecule has 156 valence electrons. The van der Waals surface area contributed by atoms with Gasteiger partial charge in [-0.05, 0) is 42.3 Å². The molecule has 1 fully saturated rings. The zero-order valence-corrected chi connectivity index (χ0v) is 17.0. The Morgan fingerprint density at radius 3 is 2.45 bits per heavy atom. The molecule has 1 aliphatic heterocycles. The summed E-state index contributed by atoms with van der Waals surface area (Å²) < 4.78 is 0. The van der Waals surface area contributed by atoms with Crippen LogP contribution in [0.2, 0.25) is 0 Å². The monoisotopic (exact) mass is 415 g/mol. The number of aromatic nitrogens is 1. The lowest BCUT2D eigenvalue weighted by Crippen LogP contribution is -2.30. The number of nitro benzene ring substituents is 1. The zero-order valence-electron chi connectivity index (χ0n) is 17.0. The number of nitrogens with zero attached hydrogens (tertiary/aromatic N) is 5. The third-order valence-electron chi connectivity index (χ3n) is 5.11. The van der Waals surface area contributed by atoms with Crippen LogP contribution >= 0.6 is 0 Å². The van der Waals surface area contributed by atoms with Gasteiger partial charge >= 0.3 is 0 Å². The van der Waals surface area contributed by atoms with E-state index in [1.807, 2.05) is 53.4 Å². The van der Waals surface area contributed by atoms with Gasteiger partial charge in [0.25, 0.3) is 11.6 Å². The van der Waals surface area contributed by atoms with Gasteiger partial charge in [0.05, 0.1) is 22.9 Å². The molecular weight excluding hydrogens is 394 g/mol. The summed E-state index contributed by atoms with van der Waals surface area (Å²) >= 11 is 0. The second kappa shape index (κ2) is 8.85. The fourth-order valence-corrected chi connectivity index (χ4v) is 3.58. The lowest BCUT2D eigenvalue weighted by molar-refractivity contribution is -0.384. The van der Waals surface area contributed by atoms with Gasteiger partial charge < -0.3 is 0 Å². The van der Waals surface area contributed by atoms with Crippen molar-refractivity contribution in [2.24, 2.45) is 5.10 Å². The van der Waals surface area contributed by atoms with E-state index in [0.717, 1.165) is 11.3 Å². The molecule has 4 rings (SSSR count). The third kappa shape index (κ3) is 4.49. The van der Waals surface area contributed by atoms with E-state index in [4.69, 9.17) is 0 Å². The molecule has 8 nitrogen and oxygen atoms in total. The van der Waals surface area contributed by atoms with Gasteiger partial charge in [-0.25, -0.2) is 5.01 Å². The van der Waals surface area contributed by atoms with Crippen molar-refractivity contribution in [3.05, 3.63) is 106 Å². The van der Waals surface area contributed by atoms with Crippen molar-refractivity contribution in [2.75, 3.05) is 6.54 Å². The van der Waals surface area contributed by atoms with Crippen LogP contribution in [0.4, 0.5) is 5.69 Å². The van der Waals surface area contributed by atoms with Gasteiger partial charge in [0.2, 0.25) is 0 Å². The molecule has 3 aromatic rings. The van der Waals surface area contributed by atoms with Gasteiger partial charge in [0, 0.05) is 24.9 Å². The molecular formula is C23H21N5O3. The molecule has 0 spiro atoms. The van der Waals surface area contributed by atoms with Gasteiger partial charge in [0.1, 0.15) is 0 Å². The van der Waals surface area contributed by atoms with Crippen molar-refractivity contribution >= 4 is 17.3 Å². The molecule has 2 aromatic carbocycles. The first-order valence-corrected chi connectivity index (χ1v) is 9.84. The summed E-state index contributed by atoms with van der Waals surface area (Å²) in [5, 5.41) is 17.0. The summed E-state index contributed by atoms with van der Waals surface area (Å²) in [5.41, 5.74) is 3.12. The summed E-state index contributed by atoms with van der Waals surface area (Å²) in [6, 6.07) is 21.7. The second-order valence-corrected chi connectivity index (χ2v) is 7.25. The molecule has 0 radical (unpaired) electrons. The smallest absolute Gasteiger partial charge is 0.269 e. The average Bonchev–Trinajstić information content (AvgIpc) is 3.09. The van der Waals surface area contributed by atoms with Crippen LogP contribution < -0.4 is 0 Å². The van der Waals surface area contributed by atoms with Crippen LogP contribution in [0.1, 0.15) is 29.9 Å². The summed E-state index contributed by atoms with van der Waals surface area (Å²) in [6.07, 6.45) is 1.26. The summed E-state index contributed by atoms with van der Waals surface area (Å²) in [4.78, 5) is 29.9. The third-order valence-corrected chi connectivity index (χ3v) is 5.11. The van der Waals surface area contributed by atoms with Crippen LogP contribution in [0.15, 0.2) is 84.1 Å². The number of hydrogen-bond acceptors (Lipinski definition) is 6. The zero-order chi connectivity index (χ0) is 21.8. The Balaban J connectivity index is 1.66. The number of nitro groups is 1. The standard InChI is InChI=1S/C23H21N5O3/c1-17(19-10-12-20(13-11-19)28(30)31)25-27-22(29)16-26(15-18-7-3-2-4-8-18)23(27)21-9-5-6-14-24-21/h2-14,23H,15-16H2,1H3/b25-17-/t23-/m1/s1. The lowest BCUT2D eigenvalue weighted by atomic mass is 10.1. The fraction of sp³-hybridized carbons (Fsp3) is 0.174. The van der Waals surface area contributed by atoms with E-state index in [1.54, 1.807) is 25.3 Å². The van der Waals surface area contributed by atoms with Gasteiger partial charge in [-0.3, -0.25) is 24.8 Å². The Bertz CT molecular complexity index is 1100. The van der Waals surface area contributed by atoms with E-state index in [1.165, 1.54) is 17.1 Å². The van der Waals surface area contributed by atoms with Gasteiger partial charge in [-0.15, -0.1) is 0 Å². The maximum Gasteiger partial charge on any atom is 0.269 e. The van der Waals surface area contributed by atoms with Crippen LogP contribution in [-0.4, -0.2) is 38.0 Å². The highest BCUT2D eigenvalue weighted by Gasteiger charge is 2.40. The molecule has 1 aromatic heterocycles. The molecule has 0 saturated carbocycles. The maximum atomic E-state index is 12.9. The molecule has 0 bridgehead atoms. The first kappa shape index (κ1) is 20.4. The van der Waals surface area contributed by atoms with Crippen LogP contribution in [0.25, 0.3) is 0 Å². The van der Waals surface area contributed by atoms with Gasteiger partial charge in [-0.1, -0.05) is 36.4 Å². The molecule has 1 aliphatic rings. The van der Waals surface area contributed by atoms with Crippen molar-refractivity contribution in [3.63, 3.8) is 0 Å². The summed E-state index contributed by atoms with van der Waals surface area (Å²) in [5.74, 6) is -0.132. The number of non-ortho nitro benzene ring substituents is 1. The molecule has 8 heteroatoms. The number of rotatable bonds is 6. The molecule has 0 unspecified atom stereocenters. The molecule has 31 heavy (non-hydrogen) atoms. The molecule has 0 N–H and O–H groups in total. The van der Waals surface area contributed by atoms with E-state index >= 15 is 0 Å². The topological polar surface area (TPSA) is 91.9 Å². The van der Waals surface area contributed by atoms with E-state index in [0.29, 0.717) is 17.8 Å². The largest absolute Gasteiger partial charge is 0.271 e. The van der Waals surface area contributed by atoms with Crippen molar-refractivity contribution in [1.82, 2.24) is 14.9 Å². The van der Waals surface area contributed by atoms with Crippen molar-refractivity contribution in [3.8, 4) is 0 Å². The first-order valence-electron chi connectivity index (χ1n) is 9.84. The van der Waals surface area contributed by atoms with E-state index in [9.17, 15) is 14.9 Å². The van der Waals surface area contributed by atoms with Crippen molar-refractivity contribution in [1.29, 1.82) is 0 Å². The van der Waals surface area contributed by atoms with Crippen molar-refractivity contribution in [2.45, 2.75) is 19.6 Å². The van der Waals surface area contributed by atoms with Crippen LogP contribution in [0, 0.1) is 10.1 Å². The highest BCUT2D eigenvalue weighted by Crippen LogP contribution is 2.31. The van der Waals surface area contributed by atoms with Crippen LogP contribution in [0.3, 0.4) is 0 Å². The summed E-state index contributed by atoms with van der Waals surface area (Å²) in [7, 11) is 0. The summed E-state index contributed by atoms with van der Waals surface area (Å²) in [6.45, 7) is 2.58. The fourth-order valence-electron chi connectivity index (χ4n) is 3.58. The predicted molar refractivity (Wildman–Crippen MR) is 116 cm³/mol. The Morgan fingerprint density at radius 2 is 1.81 bits per heavy atom. The first-order chi connectivity index (χ1) is 15.0. The molecule has 0 aliphatic carbocycles. The van der Waals surface area contributed by atoms with Crippen LogP contribution in [0.5, 0.6) is 0 Å². The number of amides is 1. The van der Waals surface area contributed by atoms with Gasteiger partial charge in [-0.2, -0.15) is 5.10 Å². The van der Waals surface area contributed by atoms with Gasteiger partial charge in [0.15, 0.2) is 6.17 Å². The quantitative estimate of drug-likeness (QED) is 0.347. The number of benzene rings is 2. The number of carbonyl (C=O) groups is 1. The number of pyridine rings is 1. The highest BCUT2D eigenvalue weighted by molar-refractivity contribution is 5.99. The molecule has 2 heterocycles. The Hall–Kier alpha value is -3.91. The second-order valence-electron chi connectivity index (χ2n) is 7.25. The normalized spacial score (nSPS) is 17.2. The average molecular weight is 415 g/mol. The minimum atomic E-state index is -0.446. The van der Waals surface area contributed by atoms with E-state index in [-0.39, 0.29) is 18.1 Å². The minimum Gasteiger partial charge on any atom is -0.271 e. The number of hydrazone groups is 1. The Kier molecular flexibility index (Phi) is 5.81. The maximum absolute atomic E-state index is 12.9. The Morgan fingerprint density at radius 1 is 1.10 bits per heavy atom. The van der Waals surface area contributed by atoms with E-state index < -0.39 is 11.1 Å². The Labute approximate surface area is 179 Å². The molecule has 1 amide bonds. The minimum absolute atomic E-state index is 0.00852. The number of carbonyl (C=O) groups excluding carboxylic acids is 1. The van der Waals surface area contributed by atoms with Crippen LogP contribution in [-0.2, 0) is 11.3 Å². The predicted octanol–water partition coefficient (Wildman–Crippen LogP) is 3.76. The highest BCUT2D eigenvalue weighted by atomic mass is 16.6. The van der Waals surface area contributed by atoms with Crippen molar-refractivity contribution < 1.29 is 9.72 Å².